The predicted molar refractivity (Wildman–Crippen MR) is 103 cm³/mol. The van der Waals surface area contributed by atoms with Crippen molar-refractivity contribution in [2.45, 2.75) is 68.6 Å². The van der Waals surface area contributed by atoms with E-state index in [-0.39, 0.29) is 11.9 Å². The summed E-state index contributed by atoms with van der Waals surface area (Å²) in [6.07, 6.45) is 6.87. The van der Waals surface area contributed by atoms with Crippen molar-refractivity contribution in [2.24, 2.45) is 0 Å². The van der Waals surface area contributed by atoms with E-state index < -0.39 is 0 Å². The molecule has 1 atom stereocenters. The van der Waals surface area contributed by atoms with Crippen LogP contribution in [0, 0.1) is 0 Å². The molecule has 4 rings (SSSR count). The quantitative estimate of drug-likeness (QED) is 0.671. The number of hydrogen-bond donors (Lipinski definition) is 1. The summed E-state index contributed by atoms with van der Waals surface area (Å²) >= 11 is 1.52. The number of nitrogens with zero attached hydrogens (tertiary/aromatic N) is 3. The van der Waals surface area contributed by atoms with Crippen LogP contribution in [0.5, 0.6) is 0 Å². The second-order valence-corrected chi connectivity index (χ2v) is 8.27. The van der Waals surface area contributed by atoms with E-state index in [1.54, 1.807) is 0 Å². The van der Waals surface area contributed by atoms with Crippen LogP contribution in [0.2, 0.25) is 0 Å². The van der Waals surface area contributed by atoms with Gasteiger partial charge in [-0.3, -0.25) is 4.79 Å². The van der Waals surface area contributed by atoms with E-state index in [1.807, 2.05) is 18.2 Å². The highest BCUT2D eigenvalue weighted by molar-refractivity contribution is 7.99. The number of hydrogen-bond acceptors (Lipinski definition) is 4. The summed E-state index contributed by atoms with van der Waals surface area (Å²) in [6, 6.07) is 10.9. The van der Waals surface area contributed by atoms with Crippen molar-refractivity contribution in [2.75, 3.05) is 5.75 Å². The van der Waals surface area contributed by atoms with Crippen LogP contribution < -0.4 is 5.32 Å². The number of thioether (sulfide) groups is 1. The molecule has 26 heavy (non-hydrogen) atoms. The summed E-state index contributed by atoms with van der Waals surface area (Å²) in [7, 11) is 0. The van der Waals surface area contributed by atoms with Gasteiger partial charge in [-0.05, 0) is 37.7 Å². The number of nitrogens with one attached hydrogen (secondary N) is 1. The molecule has 0 radical (unpaired) electrons. The van der Waals surface area contributed by atoms with E-state index in [2.05, 4.69) is 39.1 Å². The molecule has 0 spiro atoms. The summed E-state index contributed by atoms with van der Waals surface area (Å²) < 4.78 is 2.30. The van der Waals surface area contributed by atoms with Crippen LogP contribution in [-0.4, -0.2) is 26.4 Å². The maximum Gasteiger partial charge on any atom is 0.230 e. The molecule has 2 fully saturated rings. The van der Waals surface area contributed by atoms with Gasteiger partial charge in [-0.2, -0.15) is 0 Å². The van der Waals surface area contributed by atoms with Gasteiger partial charge in [0, 0.05) is 12.0 Å². The summed E-state index contributed by atoms with van der Waals surface area (Å²) in [4.78, 5) is 12.5. The highest BCUT2D eigenvalue weighted by atomic mass is 32.2. The predicted octanol–water partition coefficient (Wildman–Crippen LogP) is 4.24. The standard InChI is InChI=1S/C20H26N4OS/c1-2-6-17(14-7-4-3-5-8-14)21-18(25)13-26-20-23-22-19(15-9-10-15)24(20)16-11-12-16/h3-5,7-8,15-17H,2,6,9-13H2,1H3,(H,21,25). The Labute approximate surface area is 159 Å². The fraction of sp³-hybridized carbons (Fsp3) is 0.550. The Morgan fingerprint density at radius 2 is 2.00 bits per heavy atom. The highest BCUT2D eigenvalue weighted by Gasteiger charge is 2.36. The first-order chi connectivity index (χ1) is 12.8. The first-order valence-corrected chi connectivity index (χ1v) is 10.7. The van der Waals surface area contributed by atoms with Crippen LogP contribution in [0.3, 0.4) is 0 Å². The van der Waals surface area contributed by atoms with Gasteiger partial charge in [0.2, 0.25) is 5.91 Å². The topological polar surface area (TPSA) is 59.8 Å². The molecule has 6 heteroatoms. The van der Waals surface area contributed by atoms with Crippen LogP contribution in [0.25, 0.3) is 0 Å². The molecule has 0 bridgehead atoms. The first kappa shape index (κ1) is 17.6. The molecule has 1 N–H and O–H groups in total. The van der Waals surface area contributed by atoms with Crippen molar-refractivity contribution in [1.82, 2.24) is 20.1 Å². The molecule has 1 unspecified atom stereocenters. The van der Waals surface area contributed by atoms with Gasteiger partial charge in [0.05, 0.1) is 11.8 Å². The molecule has 0 saturated heterocycles. The second kappa shape index (κ2) is 7.82. The number of benzene rings is 1. The lowest BCUT2D eigenvalue weighted by atomic mass is 10.0. The minimum Gasteiger partial charge on any atom is -0.349 e. The molecular formula is C20H26N4OS. The largest absolute Gasteiger partial charge is 0.349 e. The van der Waals surface area contributed by atoms with Crippen LogP contribution in [0.4, 0.5) is 0 Å². The van der Waals surface area contributed by atoms with Crippen molar-refractivity contribution in [3.63, 3.8) is 0 Å². The van der Waals surface area contributed by atoms with Crippen LogP contribution in [0.15, 0.2) is 35.5 Å². The van der Waals surface area contributed by atoms with E-state index >= 15 is 0 Å². The summed E-state index contributed by atoms with van der Waals surface area (Å²) in [6.45, 7) is 2.15. The Hall–Kier alpha value is -1.82. The fourth-order valence-electron chi connectivity index (χ4n) is 3.34. The first-order valence-electron chi connectivity index (χ1n) is 9.68. The van der Waals surface area contributed by atoms with Gasteiger partial charge in [0.15, 0.2) is 5.16 Å². The maximum atomic E-state index is 12.5. The summed E-state index contributed by atoms with van der Waals surface area (Å²) in [5.41, 5.74) is 1.17. The van der Waals surface area contributed by atoms with Gasteiger partial charge >= 0.3 is 0 Å². The monoisotopic (exact) mass is 370 g/mol. The summed E-state index contributed by atoms with van der Waals surface area (Å²) in [5.74, 6) is 2.19. The average Bonchev–Trinajstić information content (AvgIpc) is 3.59. The molecule has 1 aromatic carbocycles. The lowest BCUT2D eigenvalue weighted by Gasteiger charge is -2.18. The van der Waals surface area contributed by atoms with Crippen molar-refractivity contribution < 1.29 is 4.79 Å². The Morgan fingerprint density at radius 3 is 2.65 bits per heavy atom. The number of amides is 1. The zero-order valence-electron chi connectivity index (χ0n) is 15.2. The SMILES string of the molecule is CCCC(NC(=O)CSc1nnc(C2CC2)n1C1CC1)c1ccccc1. The third-order valence-electron chi connectivity index (χ3n) is 4.99. The Balaban J connectivity index is 1.38. The number of carbonyl (C=O) groups excluding carboxylic acids is 1. The minimum absolute atomic E-state index is 0.0654. The molecule has 2 aromatic rings. The molecule has 2 saturated carbocycles. The van der Waals surface area contributed by atoms with Crippen LogP contribution in [0.1, 0.15) is 74.8 Å². The molecule has 1 amide bonds. The van der Waals surface area contributed by atoms with Gasteiger partial charge in [0.1, 0.15) is 5.82 Å². The Bertz CT molecular complexity index is 752. The van der Waals surface area contributed by atoms with Gasteiger partial charge in [0.25, 0.3) is 0 Å². The van der Waals surface area contributed by atoms with Crippen molar-refractivity contribution in [3.05, 3.63) is 41.7 Å². The summed E-state index contributed by atoms with van der Waals surface area (Å²) in [5, 5.41) is 12.9. The zero-order chi connectivity index (χ0) is 17.9. The third-order valence-corrected chi connectivity index (χ3v) is 5.94. The average molecular weight is 371 g/mol. The van der Waals surface area contributed by atoms with Crippen molar-refractivity contribution >= 4 is 17.7 Å². The number of aromatic nitrogens is 3. The van der Waals surface area contributed by atoms with E-state index in [4.69, 9.17) is 0 Å². The van der Waals surface area contributed by atoms with E-state index in [9.17, 15) is 4.79 Å². The lowest BCUT2D eigenvalue weighted by molar-refractivity contribution is -0.119. The van der Waals surface area contributed by atoms with Gasteiger partial charge in [-0.1, -0.05) is 55.4 Å². The third kappa shape index (κ3) is 4.11. The minimum atomic E-state index is 0.0654. The highest BCUT2D eigenvalue weighted by Crippen LogP contribution is 2.45. The van der Waals surface area contributed by atoms with Crippen molar-refractivity contribution in [3.8, 4) is 0 Å². The van der Waals surface area contributed by atoms with E-state index in [1.165, 1.54) is 43.0 Å². The van der Waals surface area contributed by atoms with E-state index in [0.29, 0.717) is 17.7 Å². The second-order valence-electron chi connectivity index (χ2n) is 7.32. The molecule has 1 heterocycles. The molecule has 1 aromatic heterocycles. The van der Waals surface area contributed by atoms with Crippen LogP contribution >= 0.6 is 11.8 Å². The van der Waals surface area contributed by atoms with Crippen molar-refractivity contribution in [1.29, 1.82) is 0 Å². The van der Waals surface area contributed by atoms with Gasteiger partial charge in [-0.25, -0.2) is 0 Å². The van der Waals surface area contributed by atoms with Gasteiger partial charge in [-0.15, -0.1) is 10.2 Å². The Kier molecular flexibility index (Phi) is 5.29. The van der Waals surface area contributed by atoms with Crippen LogP contribution in [-0.2, 0) is 4.79 Å². The molecule has 0 aliphatic heterocycles. The van der Waals surface area contributed by atoms with E-state index in [0.717, 1.165) is 23.8 Å². The molecule has 138 valence electrons. The normalized spacial score (nSPS) is 17.9. The molecule has 2 aliphatic rings. The molecular weight excluding hydrogens is 344 g/mol. The molecule has 5 nitrogen and oxygen atoms in total. The fourth-order valence-corrected chi connectivity index (χ4v) is 4.17. The maximum absolute atomic E-state index is 12.5. The lowest BCUT2D eigenvalue weighted by Crippen LogP contribution is -2.30. The number of carbonyl (C=O) groups is 1. The molecule has 2 aliphatic carbocycles. The Morgan fingerprint density at radius 1 is 1.23 bits per heavy atom. The zero-order valence-corrected chi connectivity index (χ0v) is 16.0. The van der Waals surface area contributed by atoms with Gasteiger partial charge < -0.3 is 9.88 Å². The number of rotatable bonds is 9. The smallest absolute Gasteiger partial charge is 0.230 e.